The molecule has 0 N–H and O–H groups in total. The molecule has 1 aliphatic carbocycles. The summed E-state index contributed by atoms with van der Waals surface area (Å²) in [7, 11) is 0. The van der Waals surface area contributed by atoms with Crippen LogP contribution in [-0.2, 0) is 12.0 Å². The number of ether oxygens (including phenoxy) is 1. The number of hydrogen-bond acceptors (Lipinski definition) is 2. The third kappa shape index (κ3) is 4.52. The molecule has 3 aromatic carbocycles. The number of hydrogen-bond donors (Lipinski definition) is 0. The van der Waals surface area contributed by atoms with E-state index in [2.05, 4.69) is 79.9 Å². The van der Waals surface area contributed by atoms with Gasteiger partial charge in [0.1, 0.15) is 5.75 Å². The van der Waals surface area contributed by atoms with Gasteiger partial charge < -0.3 is 9.30 Å². The van der Waals surface area contributed by atoms with Crippen molar-refractivity contribution in [1.29, 1.82) is 0 Å². The second kappa shape index (κ2) is 8.79. The average Bonchev–Trinajstić information content (AvgIpc) is 3.59. The van der Waals surface area contributed by atoms with E-state index in [1.54, 1.807) is 6.92 Å². The minimum absolute atomic E-state index is 0.0761. The molecule has 0 spiro atoms. The van der Waals surface area contributed by atoms with Crippen LogP contribution in [-0.4, -0.2) is 17.0 Å². The lowest BCUT2D eigenvalue weighted by molar-refractivity contribution is 0.101. The van der Waals surface area contributed by atoms with Gasteiger partial charge in [0.15, 0.2) is 5.78 Å². The van der Waals surface area contributed by atoms with Crippen LogP contribution in [0.2, 0.25) is 0 Å². The Bertz CT molecular complexity index is 1330. The first-order chi connectivity index (χ1) is 16.3. The quantitative estimate of drug-likeness (QED) is 0.270. The monoisotopic (exact) mass is 451 g/mol. The van der Waals surface area contributed by atoms with Gasteiger partial charge in [-0.15, -0.1) is 0 Å². The fourth-order valence-corrected chi connectivity index (χ4v) is 4.68. The van der Waals surface area contributed by atoms with Crippen LogP contribution in [0.4, 0.5) is 0 Å². The van der Waals surface area contributed by atoms with E-state index >= 15 is 0 Å². The molecule has 0 unspecified atom stereocenters. The van der Waals surface area contributed by atoms with Crippen molar-refractivity contribution in [3.05, 3.63) is 89.6 Å². The van der Waals surface area contributed by atoms with Gasteiger partial charge >= 0.3 is 0 Å². The summed E-state index contributed by atoms with van der Waals surface area (Å²) >= 11 is 0. The highest BCUT2D eigenvalue weighted by atomic mass is 16.5. The molecule has 0 bridgehead atoms. The van der Waals surface area contributed by atoms with Crippen LogP contribution in [0, 0.1) is 5.92 Å². The molecule has 1 aliphatic rings. The van der Waals surface area contributed by atoms with E-state index < -0.39 is 0 Å². The van der Waals surface area contributed by atoms with E-state index in [1.807, 2.05) is 18.2 Å². The topological polar surface area (TPSA) is 31.2 Å². The number of carbonyl (C=O) groups excluding carboxylic acids is 1. The molecule has 174 valence electrons. The van der Waals surface area contributed by atoms with Crippen LogP contribution < -0.4 is 4.74 Å². The number of aromatic nitrogens is 1. The molecule has 34 heavy (non-hydrogen) atoms. The molecular formula is C31H33NO2. The van der Waals surface area contributed by atoms with Gasteiger partial charge in [0.05, 0.1) is 12.3 Å². The van der Waals surface area contributed by atoms with Crippen molar-refractivity contribution in [1.82, 2.24) is 4.57 Å². The summed E-state index contributed by atoms with van der Waals surface area (Å²) in [4.78, 5) is 13.1. The Hall–Kier alpha value is -3.33. The van der Waals surface area contributed by atoms with Gasteiger partial charge in [-0.3, -0.25) is 4.79 Å². The third-order valence-corrected chi connectivity index (χ3v) is 6.77. The Labute approximate surface area is 202 Å². The zero-order chi connectivity index (χ0) is 23.9. The Kier molecular flexibility index (Phi) is 5.81. The van der Waals surface area contributed by atoms with E-state index in [0.717, 1.165) is 45.6 Å². The van der Waals surface area contributed by atoms with Crippen LogP contribution in [0.25, 0.3) is 22.0 Å². The zero-order valence-electron chi connectivity index (χ0n) is 20.6. The number of para-hydroxylation sites is 1. The largest absolute Gasteiger partial charge is 0.493 e. The van der Waals surface area contributed by atoms with Crippen LogP contribution in [0.3, 0.4) is 0 Å². The van der Waals surface area contributed by atoms with E-state index in [9.17, 15) is 4.79 Å². The lowest BCUT2D eigenvalue weighted by atomic mass is 9.86. The molecule has 1 saturated carbocycles. The van der Waals surface area contributed by atoms with E-state index in [0.29, 0.717) is 12.5 Å². The predicted octanol–water partition coefficient (Wildman–Crippen LogP) is 7.65. The summed E-state index contributed by atoms with van der Waals surface area (Å²) in [5.41, 5.74) is 6.43. The number of carbonyl (C=O) groups is 1. The number of nitrogens with zero attached hydrogens (tertiary/aromatic N) is 1. The minimum Gasteiger partial charge on any atom is -0.493 e. The van der Waals surface area contributed by atoms with Gasteiger partial charge in [-0.1, -0.05) is 75.4 Å². The smallest absolute Gasteiger partial charge is 0.176 e. The number of rotatable bonds is 7. The van der Waals surface area contributed by atoms with Crippen molar-refractivity contribution >= 4 is 16.7 Å². The molecule has 5 rings (SSSR count). The molecule has 0 saturated heterocycles. The standard InChI is InChI=1S/C31H33NO2/c1-21(33)30-29(24-14-16-25(17-15-24)31(2,3)4)27-10-5-6-11-28(27)32(30)19-23-8-7-9-26(18-23)34-20-22-12-13-22/h5-11,14-18,22H,12-13,19-20H2,1-4H3. The second-order valence-corrected chi connectivity index (χ2v) is 10.6. The lowest BCUT2D eigenvalue weighted by Gasteiger charge is -2.19. The maximum Gasteiger partial charge on any atom is 0.176 e. The number of Topliss-reactive ketones (excluding diaryl/α,β-unsaturated/α-hetero) is 1. The maximum absolute atomic E-state index is 13.1. The highest BCUT2D eigenvalue weighted by Gasteiger charge is 2.23. The van der Waals surface area contributed by atoms with Crippen molar-refractivity contribution in [2.75, 3.05) is 6.61 Å². The SMILES string of the molecule is CC(=O)c1c(-c2ccc(C(C)(C)C)cc2)c2ccccc2n1Cc1cccc(OCC2CC2)c1. The molecule has 4 aromatic rings. The second-order valence-electron chi connectivity index (χ2n) is 10.6. The molecule has 1 heterocycles. The van der Waals surface area contributed by atoms with Gasteiger partial charge in [0.25, 0.3) is 0 Å². The number of ketones is 1. The van der Waals surface area contributed by atoms with Crippen LogP contribution in [0.15, 0.2) is 72.8 Å². The van der Waals surface area contributed by atoms with E-state index in [1.165, 1.54) is 18.4 Å². The Morgan fingerprint density at radius 2 is 1.71 bits per heavy atom. The number of benzene rings is 3. The number of fused-ring (bicyclic) bond motifs is 1. The molecule has 3 heteroatoms. The van der Waals surface area contributed by atoms with Crippen molar-refractivity contribution < 1.29 is 9.53 Å². The van der Waals surface area contributed by atoms with Crippen molar-refractivity contribution in [2.24, 2.45) is 5.92 Å². The normalized spacial score (nSPS) is 13.9. The fourth-order valence-electron chi connectivity index (χ4n) is 4.68. The molecule has 0 radical (unpaired) electrons. The highest BCUT2D eigenvalue weighted by molar-refractivity contribution is 6.10. The van der Waals surface area contributed by atoms with Crippen LogP contribution >= 0.6 is 0 Å². The highest BCUT2D eigenvalue weighted by Crippen LogP contribution is 2.37. The van der Waals surface area contributed by atoms with Gasteiger partial charge in [-0.25, -0.2) is 0 Å². The van der Waals surface area contributed by atoms with Gasteiger partial charge in [-0.05, 0) is 59.1 Å². The van der Waals surface area contributed by atoms with Gasteiger partial charge in [-0.2, -0.15) is 0 Å². The van der Waals surface area contributed by atoms with E-state index in [-0.39, 0.29) is 11.2 Å². The summed E-state index contributed by atoms with van der Waals surface area (Å²) in [6.07, 6.45) is 2.55. The molecule has 1 fully saturated rings. The first-order valence-corrected chi connectivity index (χ1v) is 12.3. The molecule has 3 nitrogen and oxygen atoms in total. The minimum atomic E-state index is 0.0761. The van der Waals surface area contributed by atoms with Crippen LogP contribution in [0.1, 0.15) is 62.2 Å². The molecule has 0 aliphatic heterocycles. The Morgan fingerprint density at radius 1 is 0.971 bits per heavy atom. The molecule has 0 atom stereocenters. The molecule has 1 aromatic heterocycles. The summed E-state index contributed by atoms with van der Waals surface area (Å²) in [6.45, 7) is 9.75. The third-order valence-electron chi connectivity index (χ3n) is 6.77. The first-order valence-electron chi connectivity index (χ1n) is 12.3. The molecular weight excluding hydrogens is 418 g/mol. The fraction of sp³-hybridized carbons (Fsp3) is 0.323. The van der Waals surface area contributed by atoms with Crippen LogP contribution in [0.5, 0.6) is 5.75 Å². The van der Waals surface area contributed by atoms with Gasteiger partial charge in [0, 0.05) is 29.9 Å². The Morgan fingerprint density at radius 3 is 2.38 bits per heavy atom. The predicted molar refractivity (Wildman–Crippen MR) is 140 cm³/mol. The maximum atomic E-state index is 13.1. The molecule has 0 amide bonds. The zero-order valence-corrected chi connectivity index (χ0v) is 20.6. The Balaban J connectivity index is 1.58. The summed E-state index contributed by atoms with van der Waals surface area (Å²) < 4.78 is 8.18. The van der Waals surface area contributed by atoms with E-state index in [4.69, 9.17) is 4.74 Å². The van der Waals surface area contributed by atoms with Crippen molar-refractivity contribution in [3.8, 4) is 16.9 Å². The van der Waals surface area contributed by atoms with Crippen molar-refractivity contribution in [2.45, 2.75) is 52.5 Å². The van der Waals surface area contributed by atoms with Gasteiger partial charge in [0.2, 0.25) is 0 Å². The summed E-state index contributed by atoms with van der Waals surface area (Å²) in [5.74, 6) is 1.70. The average molecular weight is 452 g/mol. The summed E-state index contributed by atoms with van der Waals surface area (Å²) in [5, 5.41) is 1.11. The lowest BCUT2D eigenvalue weighted by Crippen LogP contribution is -2.11. The first kappa shape index (κ1) is 22.5. The summed E-state index contributed by atoms with van der Waals surface area (Å²) in [6, 6.07) is 25.3. The van der Waals surface area contributed by atoms with Crippen molar-refractivity contribution in [3.63, 3.8) is 0 Å².